The van der Waals surface area contributed by atoms with E-state index < -0.39 is 4.92 Å². The Labute approximate surface area is 119 Å². The molecular weight excluding hydrogens is 310 g/mol. The maximum Gasteiger partial charge on any atom is 0.292 e. The number of nitrogens with zero attached hydrogens (tertiary/aromatic N) is 2. The summed E-state index contributed by atoms with van der Waals surface area (Å²) in [6.07, 6.45) is 2.45. The first-order valence-electron chi connectivity index (χ1n) is 5.74. The molecule has 0 atom stereocenters. The van der Waals surface area contributed by atoms with Gasteiger partial charge in [-0.25, -0.2) is 0 Å². The molecule has 0 saturated heterocycles. The second kappa shape index (κ2) is 6.29. The van der Waals surface area contributed by atoms with Gasteiger partial charge in [-0.15, -0.1) is 0 Å². The monoisotopic (exact) mass is 321 g/mol. The lowest BCUT2D eigenvalue weighted by atomic mass is 10.2. The zero-order valence-electron chi connectivity index (χ0n) is 10.0. The lowest BCUT2D eigenvalue weighted by molar-refractivity contribution is -0.384. The molecule has 19 heavy (non-hydrogen) atoms. The van der Waals surface area contributed by atoms with Gasteiger partial charge in [0.05, 0.1) is 4.92 Å². The Hall–Kier alpha value is -1.95. The third-order valence-corrected chi connectivity index (χ3v) is 3.07. The molecule has 0 radical (unpaired) electrons. The smallest absolute Gasteiger partial charge is 0.292 e. The average Bonchev–Trinajstić information content (AvgIpc) is 2.39. The van der Waals surface area contributed by atoms with Gasteiger partial charge in [-0.2, -0.15) is 0 Å². The van der Waals surface area contributed by atoms with Crippen LogP contribution in [0.15, 0.2) is 47.1 Å². The molecule has 0 bridgehead atoms. The van der Waals surface area contributed by atoms with Crippen LogP contribution in [-0.2, 0) is 6.42 Å². The summed E-state index contributed by atoms with van der Waals surface area (Å²) in [5.41, 5.74) is 1.53. The molecule has 0 saturated carbocycles. The van der Waals surface area contributed by atoms with E-state index >= 15 is 0 Å². The molecule has 5 nitrogen and oxygen atoms in total. The van der Waals surface area contributed by atoms with E-state index in [9.17, 15) is 10.1 Å². The number of aromatic nitrogens is 1. The van der Waals surface area contributed by atoms with E-state index in [2.05, 4.69) is 26.2 Å². The number of pyridine rings is 1. The second-order valence-corrected chi connectivity index (χ2v) is 4.83. The highest BCUT2D eigenvalue weighted by atomic mass is 79.9. The van der Waals surface area contributed by atoms with Crippen LogP contribution in [0.5, 0.6) is 0 Å². The van der Waals surface area contributed by atoms with Crippen LogP contribution in [0, 0.1) is 10.1 Å². The van der Waals surface area contributed by atoms with Crippen molar-refractivity contribution in [2.45, 2.75) is 6.42 Å². The van der Waals surface area contributed by atoms with E-state index in [0.717, 1.165) is 10.2 Å². The van der Waals surface area contributed by atoms with E-state index in [1.807, 2.05) is 18.2 Å². The van der Waals surface area contributed by atoms with Crippen LogP contribution in [0.25, 0.3) is 0 Å². The van der Waals surface area contributed by atoms with Crippen LogP contribution in [0.3, 0.4) is 0 Å². The molecule has 1 aromatic heterocycles. The molecule has 0 aliphatic heterocycles. The number of hydrogen-bond donors (Lipinski definition) is 1. The number of nitro groups is 1. The zero-order valence-corrected chi connectivity index (χ0v) is 11.6. The number of nitrogens with one attached hydrogen (secondary N) is 1. The minimum Gasteiger partial charge on any atom is -0.379 e. The van der Waals surface area contributed by atoms with Gasteiger partial charge in [0.15, 0.2) is 0 Å². The van der Waals surface area contributed by atoms with Crippen molar-refractivity contribution < 1.29 is 4.92 Å². The molecule has 0 amide bonds. The quantitative estimate of drug-likeness (QED) is 0.677. The van der Waals surface area contributed by atoms with Crippen LogP contribution in [0.2, 0.25) is 0 Å². The van der Waals surface area contributed by atoms with E-state index in [0.29, 0.717) is 18.7 Å². The van der Waals surface area contributed by atoms with Crippen LogP contribution >= 0.6 is 15.9 Å². The van der Waals surface area contributed by atoms with E-state index in [1.54, 1.807) is 18.3 Å². The van der Waals surface area contributed by atoms with Gasteiger partial charge >= 0.3 is 0 Å². The van der Waals surface area contributed by atoms with Crippen molar-refractivity contribution in [3.8, 4) is 0 Å². The fourth-order valence-corrected chi connectivity index (χ4v) is 2.04. The first-order valence-corrected chi connectivity index (χ1v) is 6.54. The molecule has 2 rings (SSSR count). The molecule has 0 aliphatic rings. The van der Waals surface area contributed by atoms with Gasteiger partial charge < -0.3 is 5.32 Å². The van der Waals surface area contributed by atoms with Crippen molar-refractivity contribution in [3.05, 3.63) is 62.9 Å². The molecule has 0 spiro atoms. The standard InChI is InChI=1S/C13H12BrN3O2/c14-10-4-5-13(17(18)19)12(9-10)16-8-6-11-3-1-2-7-15-11/h1-5,7,9,16H,6,8H2. The fraction of sp³-hybridized carbons (Fsp3) is 0.154. The Balaban J connectivity index is 2.03. The molecule has 2 aromatic rings. The van der Waals surface area contributed by atoms with Gasteiger partial charge in [0.1, 0.15) is 5.69 Å². The maximum atomic E-state index is 10.9. The summed E-state index contributed by atoms with van der Waals surface area (Å²) >= 11 is 3.31. The molecule has 0 aliphatic carbocycles. The van der Waals surface area contributed by atoms with Crippen molar-refractivity contribution in [2.75, 3.05) is 11.9 Å². The van der Waals surface area contributed by atoms with Crippen molar-refractivity contribution in [2.24, 2.45) is 0 Å². The highest BCUT2D eigenvalue weighted by Crippen LogP contribution is 2.27. The molecular formula is C13H12BrN3O2. The topological polar surface area (TPSA) is 68.1 Å². The predicted molar refractivity (Wildman–Crippen MR) is 77.2 cm³/mol. The van der Waals surface area contributed by atoms with Crippen LogP contribution in [0.4, 0.5) is 11.4 Å². The first-order chi connectivity index (χ1) is 9.16. The summed E-state index contributed by atoms with van der Waals surface area (Å²) in [5.74, 6) is 0. The number of halogens is 1. The van der Waals surface area contributed by atoms with Gasteiger partial charge in [-0.05, 0) is 24.3 Å². The summed E-state index contributed by atoms with van der Waals surface area (Å²) in [6.45, 7) is 0.592. The highest BCUT2D eigenvalue weighted by Gasteiger charge is 2.13. The summed E-state index contributed by atoms with van der Waals surface area (Å²) < 4.78 is 0.804. The number of rotatable bonds is 5. The Morgan fingerprint density at radius 1 is 1.32 bits per heavy atom. The van der Waals surface area contributed by atoms with Gasteiger partial charge in [-0.3, -0.25) is 15.1 Å². The van der Waals surface area contributed by atoms with Gasteiger partial charge in [0, 0.05) is 35.4 Å². The lowest BCUT2D eigenvalue weighted by Crippen LogP contribution is -2.07. The number of hydrogen-bond acceptors (Lipinski definition) is 4. The molecule has 0 fully saturated rings. The SMILES string of the molecule is O=[N+]([O-])c1ccc(Br)cc1NCCc1ccccn1. The zero-order chi connectivity index (χ0) is 13.7. The Kier molecular flexibility index (Phi) is 4.46. The van der Waals surface area contributed by atoms with Crippen molar-refractivity contribution in [1.82, 2.24) is 4.98 Å². The number of benzene rings is 1. The van der Waals surface area contributed by atoms with Crippen molar-refractivity contribution >= 4 is 27.3 Å². The molecule has 6 heteroatoms. The normalized spacial score (nSPS) is 10.2. The largest absolute Gasteiger partial charge is 0.379 e. The van der Waals surface area contributed by atoms with Crippen LogP contribution < -0.4 is 5.32 Å². The first kappa shape index (κ1) is 13.5. The molecule has 0 unspecified atom stereocenters. The third kappa shape index (κ3) is 3.75. The Bertz CT molecular complexity index is 575. The maximum absolute atomic E-state index is 10.9. The van der Waals surface area contributed by atoms with Gasteiger partial charge in [0.2, 0.25) is 0 Å². The summed E-state index contributed by atoms with van der Waals surface area (Å²) in [5, 5.41) is 14.0. The van der Waals surface area contributed by atoms with Crippen molar-refractivity contribution in [1.29, 1.82) is 0 Å². The lowest BCUT2D eigenvalue weighted by Gasteiger charge is -2.07. The summed E-state index contributed by atoms with van der Waals surface area (Å²) in [4.78, 5) is 14.7. The summed E-state index contributed by atoms with van der Waals surface area (Å²) in [7, 11) is 0. The Morgan fingerprint density at radius 3 is 2.84 bits per heavy atom. The van der Waals surface area contributed by atoms with Gasteiger partial charge in [-0.1, -0.05) is 22.0 Å². The molecule has 98 valence electrons. The number of anilines is 1. The molecule has 1 aromatic carbocycles. The number of nitro benzene ring substituents is 1. The minimum atomic E-state index is -0.393. The van der Waals surface area contributed by atoms with Crippen LogP contribution in [0.1, 0.15) is 5.69 Å². The predicted octanol–water partition coefficient (Wildman–Crippen LogP) is 3.41. The third-order valence-electron chi connectivity index (χ3n) is 2.58. The molecule has 1 heterocycles. The highest BCUT2D eigenvalue weighted by molar-refractivity contribution is 9.10. The molecule has 1 N–H and O–H groups in total. The van der Waals surface area contributed by atoms with E-state index in [-0.39, 0.29) is 5.69 Å². The van der Waals surface area contributed by atoms with Gasteiger partial charge in [0.25, 0.3) is 5.69 Å². The van der Waals surface area contributed by atoms with E-state index in [4.69, 9.17) is 0 Å². The summed E-state index contributed by atoms with van der Waals surface area (Å²) in [6, 6.07) is 10.5. The Morgan fingerprint density at radius 2 is 2.16 bits per heavy atom. The van der Waals surface area contributed by atoms with Crippen LogP contribution in [-0.4, -0.2) is 16.5 Å². The minimum absolute atomic E-state index is 0.0734. The van der Waals surface area contributed by atoms with Crippen molar-refractivity contribution in [3.63, 3.8) is 0 Å². The average molecular weight is 322 g/mol. The second-order valence-electron chi connectivity index (χ2n) is 3.92. The van der Waals surface area contributed by atoms with E-state index in [1.165, 1.54) is 6.07 Å². The fourth-order valence-electron chi connectivity index (χ4n) is 1.68.